The molecule has 70 valence electrons. The van der Waals surface area contributed by atoms with Gasteiger partial charge in [0.15, 0.2) is 0 Å². The Hall–Kier alpha value is -1.25. The monoisotopic (exact) mass is 178 g/mol. The van der Waals surface area contributed by atoms with E-state index >= 15 is 0 Å². The largest absolute Gasteiger partial charge is 0.300 e. The second-order valence-corrected chi connectivity index (χ2v) is 2.99. The van der Waals surface area contributed by atoms with Gasteiger partial charge in [-0.25, -0.2) is 0 Å². The smallest absolute Gasteiger partial charge is 0.133 e. The lowest BCUT2D eigenvalue weighted by atomic mass is 10.1. The van der Waals surface area contributed by atoms with Crippen LogP contribution in [0.2, 0.25) is 0 Å². The number of aromatic nitrogens is 2. The molecule has 3 nitrogen and oxygen atoms in total. The van der Waals surface area contributed by atoms with E-state index in [2.05, 4.69) is 9.97 Å². The summed E-state index contributed by atoms with van der Waals surface area (Å²) in [4.78, 5) is 19.2. The average Bonchev–Trinajstić information content (AvgIpc) is 2.17. The molecule has 0 saturated carbocycles. The summed E-state index contributed by atoms with van der Waals surface area (Å²) in [5, 5.41) is 0. The average molecular weight is 178 g/mol. The summed E-state index contributed by atoms with van der Waals surface area (Å²) in [6, 6.07) is 0. The normalized spacial score (nSPS) is 9.92. The van der Waals surface area contributed by atoms with E-state index in [-0.39, 0.29) is 0 Å². The van der Waals surface area contributed by atoms with Gasteiger partial charge in [0.25, 0.3) is 0 Å². The van der Waals surface area contributed by atoms with Crippen molar-refractivity contribution in [2.75, 3.05) is 0 Å². The van der Waals surface area contributed by atoms with Crippen molar-refractivity contribution >= 4 is 5.78 Å². The van der Waals surface area contributed by atoms with E-state index in [9.17, 15) is 4.79 Å². The predicted molar refractivity (Wildman–Crippen MR) is 50.3 cm³/mol. The van der Waals surface area contributed by atoms with E-state index in [4.69, 9.17) is 0 Å². The predicted octanol–water partition coefficient (Wildman–Crippen LogP) is 1.78. The maximum Gasteiger partial charge on any atom is 0.133 e. The van der Waals surface area contributed by atoms with Crippen LogP contribution in [0.3, 0.4) is 0 Å². The van der Waals surface area contributed by atoms with Gasteiger partial charge in [0.2, 0.25) is 0 Å². The van der Waals surface area contributed by atoms with Crippen LogP contribution in [0.25, 0.3) is 0 Å². The number of aryl methyl sites for hydroxylation is 1. The molecule has 0 fully saturated rings. The number of ketones is 1. The van der Waals surface area contributed by atoms with Crippen molar-refractivity contribution in [1.29, 1.82) is 0 Å². The summed E-state index contributed by atoms with van der Waals surface area (Å²) in [5.41, 5.74) is 0.895. The van der Waals surface area contributed by atoms with E-state index < -0.39 is 0 Å². The Kier molecular flexibility index (Phi) is 4.09. The van der Waals surface area contributed by atoms with E-state index in [0.717, 1.165) is 12.1 Å². The van der Waals surface area contributed by atoms with Crippen molar-refractivity contribution in [3.63, 3.8) is 0 Å². The standard InChI is InChI=1S/C10H14N2O/c1-2-3-10(13)5-4-9-8-11-6-7-12-9/h6-8H,2-5H2,1H3. The zero-order chi connectivity index (χ0) is 9.52. The zero-order valence-corrected chi connectivity index (χ0v) is 7.86. The van der Waals surface area contributed by atoms with E-state index in [1.807, 2.05) is 6.92 Å². The molecule has 0 aromatic carbocycles. The molecule has 0 radical (unpaired) electrons. The molecule has 0 aliphatic carbocycles. The second-order valence-electron chi connectivity index (χ2n) is 2.99. The van der Waals surface area contributed by atoms with Crippen LogP contribution in [-0.4, -0.2) is 15.8 Å². The molecule has 0 spiro atoms. The fourth-order valence-electron chi connectivity index (χ4n) is 1.13. The minimum absolute atomic E-state index is 0.313. The minimum Gasteiger partial charge on any atom is -0.300 e. The number of Topliss-reactive ketones (excluding diaryl/α,β-unsaturated/α-hetero) is 1. The molecule has 0 amide bonds. The highest BCUT2D eigenvalue weighted by Gasteiger charge is 2.01. The summed E-state index contributed by atoms with van der Waals surface area (Å²) in [6.07, 6.45) is 7.91. The van der Waals surface area contributed by atoms with Gasteiger partial charge in [-0.2, -0.15) is 0 Å². The van der Waals surface area contributed by atoms with E-state index in [1.54, 1.807) is 18.6 Å². The Balaban J connectivity index is 2.31. The third kappa shape index (κ3) is 3.78. The number of hydrogen-bond donors (Lipinski definition) is 0. The molecule has 1 aromatic rings. The lowest BCUT2D eigenvalue weighted by molar-refractivity contribution is -0.119. The van der Waals surface area contributed by atoms with Crippen molar-refractivity contribution in [3.8, 4) is 0 Å². The first-order chi connectivity index (χ1) is 6.33. The van der Waals surface area contributed by atoms with Crippen LogP contribution >= 0.6 is 0 Å². The molecule has 0 aliphatic rings. The summed E-state index contributed by atoms with van der Waals surface area (Å²) < 4.78 is 0. The number of rotatable bonds is 5. The van der Waals surface area contributed by atoms with Crippen molar-refractivity contribution in [2.45, 2.75) is 32.6 Å². The summed E-state index contributed by atoms with van der Waals surface area (Å²) in [6.45, 7) is 2.01. The van der Waals surface area contributed by atoms with Crippen LogP contribution in [0, 0.1) is 0 Å². The Morgan fingerprint density at radius 2 is 2.23 bits per heavy atom. The fraction of sp³-hybridized carbons (Fsp3) is 0.500. The molecule has 0 aliphatic heterocycles. The maximum absolute atomic E-state index is 11.2. The van der Waals surface area contributed by atoms with Crippen molar-refractivity contribution in [3.05, 3.63) is 24.3 Å². The third-order valence-electron chi connectivity index (χ3n) is 1.81. The molecule has 13 heavy (non-hydrogen) atoms. The SMILES string of the molecule is CCCC(=O)CCc1cnccn1. The lowest BCUT2D eigenvalue weighted by Crippen LogP contribution is -2.00. The van der Waals surface area contributed by atoms with Gasteiger partial charge in [0.1, 0.15) is 5.78 Å². The molecule has 1 heterocycles. The van der Waals surface area contributed by atoms with Crippen molar-refractivity contribution in [1.82, 2.24) is 9.97 Å². The summed E-state index contributed by atoms with van der Waals surface area (Å²) in [7, 11) is 0. The van der Waals surface area contributed by atoms with E-state index in [0.29, 0.717) is 25.0 Å². The second kappa shape index (κ2) is 5.41. The van der Waals surface area contributed by atoms with Gasteiger partial charge < -0.3 is 0 Å². The van der Waals surface area contributed by atoms with Gasteiger partial charge in [-0.05, 0) is 12.8 Å². The van der Waals surface area contributed by atoms with Crippen LogP contribution in [0.1, 0.15) is 31.9 Å². The van der Waals surface area contributed by atoms with Crippen molar-refractivity contribution in [2.24, 2.45) is 0 Å². The molecule has 0 unspecified atom stereocenters. The van der Waals surface area contributed by atoms with Crippen LogP contribution in [0.5, 0.6) is 0 Å². The summed E-state index contributed by atoms with van der Waals surface area (Å²) in [5.74, 6) is 0.313. The van der Waals surface area contributed by atoms with Gasteiger partial charge in [-0.3, -0.25) is 14.8 Å². The minimum atomic E-state index is 0.313. The van der Waals surface area contributed by atoms with Gasteiger partial charge in [0.05, 0.1) is 5.69 Å². The Morgan fingerprint density at radius 1 is 1.38 bits per heavy atom. The lowest BCUT2D eigenvalue weighted by Gasteiger charge is -1.98. The van der Waals surface area contributed by atoms with Gasteiger partial charge in [-0.15, -0.1) is 0 Å². The first-order valence-corrected chi connectivity index (χ1v) is 4.59. The highest BCUT2D eigenvalue weighted by molar-refractivity contribution is 5.78. The molecule has 0 saturated heterocycles. The summed E-state index contributed by atoms with van der Waals surface area (Å²) >= 11 is 0. The number of hydrogen-bond acceptors (Lipinski definition) is 3. The quantitative estimate of drug-likeness (QED) is 0.690. The maximum atomic E-state index is 11.2. The molecular formula is C10H14N2O. The van der Waals surface area contributed by atoms with Crippen LogP contribution in [-0.2, 0) is 11.2 Å². The zero-order valence-electron chi connectivity index (χ0n) is 7.86. The Morgan fingerprint density at radius 3 is 2.85 bits per heavy atom. The van der Waals surface area contributed by atoms with Gasteiger partial charge in [-0.1, -0.05) is 6.92 Å². The van der Waals surface area contributed by atoms with Gasteiger partial charge in [0, 0.05) is 31.4 Å². The highest BCUT2D eigenvalue weighted by atomic mass is 16.1. The molecular weight excluding hydrogens is 164 g/mol. The van der Waals surface area contributed by atoms with E-state index in [1.165, 1.54) is 0 Å². The topological polar surface area (TPSA) is 42.9 Å². The molecule has 0 bridgehead atoms. The number of carbonyl (C=O) groups is 1. The van der Waals surface area contributed by atoms with Crippen LogP contribution in [0.4, 0.5) is 0 Å². The molecule has 0 atom stereocenters. The first kappa shape index (κ1) is 9.84. The Bertz CT molecular complexity index is 259. The molecule has 3 heteroatoms. The third-order valence-corrected chi connectivity index (χ3v) is 1.81. The van der Waals surface area contributed by atoms with Gasteiger partial charge >= 0.3 is 0 Å². The van der Waals surface area contributed by atoms with Crippen molar-refractivity contribution < 1.29 is 4.79 Å². The number of nitrogens with zero attached hydrogens (tertiary/aromatic N) is 2. The first-order valence-electron chi connectivity index (χ1n) is 4.59. The molecule has 1 rings (SSSR count). The van der Waals surface area contributed by atoms with Crippen LogP contribution < -0.4 is 0 Å². The number of carbonyl (C=O) groups excluding carboxylic acids is 1. The van der Waals surface area contributed by atoms with Crippen LogP contribution in [0.15, 0.2) is 18.6 Å². The fourth-order valence-corrected chi connectivity index (χ4v) is 1.13. The molecule has 1 aromatic heterocycles. The molecule has 0 N–H and O–H groups in total. The Labute approximate surface area is 78.2 Å². The highest BCUT2D eigenvalue weighted by Crippen LogP contribution is 2.00.